The zero-order valence-electron chi connectivity index (χ0n) is 12.0. The minimum atomic E-state index is 0.0209. The Balaban J connectivity index is 1.61. The first kappa shape index (κ1) is 17.3. The van der Waals surface area contributed by atoms with Crippen LogP contribution in [0, 0.1) is 0 Å². The van der Waals surface area contributed by atoms with Crippen LogP contribution in [0.15, 0.2) is 41.0 Å². The molecule has 2 rings (SSSR count). The van der Waals surface area contributed by atoms with Crippen LogP contribution in [0.2, 0.25) is 10.0 Å². The van der Waals surface area contributed by atoms with Crippen LogP contribution in [0.1, 0.15) is 17.7 Å². The van der Waals surface area contributed by atoms with E-state index in [-0.39, 0.29) is 5.91 Å². The second-order valence-electron chi connectivity index (χ2n) is 4.73. The van der Waals surface area contributed by atoms with Crippen molar-refractivity contribution >= 4 is 40.9 Å². The van der Waals surface area contributed by atoms with Gasteiger partial charge >= 0.3 is 0 Å². The number of carbonyl (C=O) groups excluding carboxylic acids is 1. The Morgan fingerprint density at radius 3 is 2.64 bits per heavy atom. The standard InChI is InChI=1S/C16H17Cl2NO2S/c17-14-6-1-7-15(18)13(14)10-22-11-16(20)19-8-2-4-12-5-3-9-21-12/h1,3,5-7,9H,2,4,8,10-11H2,(H,19,20). The number of carbonyl (C=O) groups is 1. The van der Waals surface area contributed by atoms with Gasteiger partial charge in [-0.2, -0.15) is 0 Å². The molecule has 6 heteroatoms. The van der Waals surface area contributed by atoms with E-state index < -0.39 is 0 Å². The minimum absolute atomic E-state index is 0.0209. The Bertz CT molecular complexity index is 582. The van der Waals surface area contributed by atoms with Crippen molar-refractivity contribution in [3.05, 3.63) is 58.0 Å². The number of amides is 1. The van der Waals surface area contributed by atoms with Crippen LogP contribution in [0.3, 0.4) is 0 Å². The van der Waals surface area contributed by atoms with Gasteiger partial charge in [-0.05, 0) is 36.2 Å². The highest BCUT2D eigenvalue weighted by Gasteiger charge is 2.07. The van der Waals surface area contributed by atoms with E-state index in [0.29, 0.717) is 28.1 Å². The number of hydrogen-bond donors (Lipinski definition) is 1. The first-order valence-electron chi connectivity index (χ1n) is 6.96. The molecule has 0 unspecified atom stereocenters. The summed E-state index contributed by atoms with van der Waals surface area (Å²) >= 11 is 13.7. The van der Waals surface area contributed by atoms with Crippen molar-refractivity contribution in [2.75, 3.05) is 12.3 Å². The van der Waals surface area contributed by atoms with Crippen LogP contribution >= 0.6 is 35.0 Å². The van der Waals surface area contributed by atoms with Gasteiger partial charge in [0, 0.05) is 28.8 Å². The van der Waals surface area contributed by atoms with E-state index >= 15 is 0 Å². The fraction of sp³-hybridized carbons (Fsp3) is 0.312. The van der Waals surface area contributed by atoms with Gasteiger partial charge in [-0.1, -0.05) is 29.3 Å². The summed E-state index contributed by atoms with van der Waals surface area (Å²) in [5, 5.41) is 4.17. The van der Waals surface area contributed by atoms with Gasteiger partial charge in [-0.3, -0.25) is 4.79 Å². The molecule has 3 nitrogen and oxygen atoms in total. The zero-order valence-corrected chi connectivity index (χ0v) is 14.3. The van der Waals surface area contributed by atoms with E-state index in [0.717, 1.165) is 24.2 Å². The van der Waals surface area contributed by atoms with E-state index in [1.807, 2.05) is 18.2 Å². The minimum Gasteiger partial charge on any atom is -0.469 e. The third kappa shape index (κ3) is 5.59. The molecule has 0 saturated heterocycles. The summed E-state index contributed by atoms with van der Waals surface area (Å²) in [5.74, 6) is 1.98. The van der Waals surface area contributed by atoms with Crippen molar-refractivity contribution in [2.24, 2.45) is 0 Å². The summed E-state index contributed by atoms with van der Waals surface area (Å²) in [4.78, 5) is 11.7. The van der Waals surface area contributed by atoms with Crippen molar-refractivity contribution in [2.45, 2.75) is 18.6 Å². The Hall–Kier alpha value is -1.10. The first-order chi connectivity index (χ1) is 10.7. The molecule has 2 aromatic rings. The van der Waals surface area contributed by atoms with Crippen molar-refractivity contribution in [1.29, 1.82) is 0 Å². The summed E-state index contributed by atoms with van der Waals surface area (Å²) < 4.78 is 5.24. The van der Waals surface area contributed by atoms with Gasteiger partial charge in [0.05, 0.1) is 12.0 Å². The van der Waals surface area contributed by atoms with Gasteiger partial charge in [0.1, 0.15) is 5.76 Å². The van der Waals surface area contributed by atoms with E-state index in [4.69, 9.17) is 27.6 Å². The lowest BCUT2D eigenvalue weighted by atomic mass is 10.2. The van der Waals surface area contributed by atoms with E-state index in [9.17, 15) is 4.79 Å². The summed E-state index contributed by atoms with van der Waals surface area (Å²) in [5.41, 5.74) is 0.876. The third-order valence-corrected chi connectivity index (χ3v) is 4.71. The molecule has 0 aliphatic heterocycles. The number of aryl methyl sites for hydroxylation is 1. The summed E-state index contributed by atoms with van der Waals surface area (Å²) in [6.07, 6.45) is 3.35. The number of furan rings is 1. The lowest BCUT2D eigenvalue weighted by Crippen LogP contribution is -2.26. The monoisotopic (exact) mass is 357 g/mol. The third-order valence-electron chi connectivity index (χ3n) is 3.04. The van der Waals surface area contributed by atoms with Gasteiger partial charge in [0.25, 0.3) is 0 Å². The molecule has 0 atom stereocenters. The maximum absolute atomic E-state index is 11.7. The van der Waals surface area contributed by atoms with Crippen LogP contribution < -0.4 is 5.32 Å². The van der Waals surface area contributed by atoms with E-state index in [1.165, 1.54) is 11.8 Å². The number of nitrogens with one attached hydrogen (secondary N) is 1. The highest BCUT2D eigenvalue weighted by atomic mass is 35.5. The normalized spacial score (nSPS) is 10.6. The lowest BCUT2D eigenvalue weighted by Gasteiger charge is -2.07. The van der Waals surface area contributed by atoms with Crippen molar-refractivity contribution in [1.82, 2.24) is 5.32 Å². The van der Waals surface area contributed by atoms with Crippen LogP contribution in [0.4, 0.5) is 0 Å². The number of hydrogen-bond acceptors (Lipinski definition) is 3. The molecule has 0 saturated carbocycles. The zero-order chi connectivity index (χ0) is 15.8. The SMILES string of the molecule is O=C(CSCc1c(Cl)cccc1Cl)NCCCc1ccco1. The van der Waals surface area contributed by atoms with Crippen LogP contribution in [0.5, 0.6) is 0 Å². The molecule has 0 radical (unpaired) electrons. The molecule has 1 aromatic carbocycles. The Kier molecular flexibility index (Phi) is 7.16. The Labute approximate surface area is 144 Å². The van der Waals surface area contributed by atoms with Gasteiger partial charge in [-0.25, -0.2) is 0 Å². The second kappa shape index (κ2) is 9.13. The molecule has 1 aromatic heterocycles. The van der Waals surface area contributed by atoms with E-state index in [1.54, 1.807) is 18.4 Å². The quantitative estimate of drug-likeness (QED) is 0.703. The topological polar surface area (TPSA) is 42.2 Å². The number of benzene rings is 1. The molecule has 118 valence electrons. The second-order valence-corrected chi connectivity index (χ2v) is 6.53. The molecule has 22 heavy (non-hydrogen) atoms. The predicted octanol–water partition coefficient (Wildman–Crippen LogP) is 4.57. The van der Waals surface area contributed by atoms with Crippen molar-refractivity contribution < 1.29 is 9.21 Å². The Morgan fingerprint density at radius 2 is 1.95 bits per heavy atom. The maximum Gasteiger partial charge on any atom is 0.230 e. The highest BCUT2D eigenvalue weighted by molar-refractivity contribution is 7.99. The van der Waals surface area contributed by atoms with Gasteiger partial charge in [-0.15, -0.1) is 11.8 Å². The maximum atomic E-state index is 11.7. The number of halogens is 2. The van der Waals surface area contributed by atoms with Crippen LogP contribution in [-0.4, -0.2) is 18.2 Å². The van der Waals surface area contributed by atoms with Gasteiger partial charge in [0.15, 0.2) is 0 Å². The summed E-state index contributed by atoms with van der Waals surface area (Å²) in [6.45, 7) is 0.646. The molecule has 1 heterocycles. The lowest BCUT2D eigenvalue weighted by molar-refractivity contribution is -0.118. The highest BCUT2D eigenvalue weighted by Crippen LogP contribution is 2.28. The van der Waals surface area contributed by atoms with Crippen LogP contribution in [-0.2, 0) is 17.0 Å². The first-order valence-corrected chi connectivity index (χ1v) is 8.87. The van der Waals surface area contributed by atoms with Gasteiger partial charge < -0.3 is 9.73 Å². The largest absolute Gasteiger partial charge is 0.469 e. The van der Waals surface area contributed by atoms with E-state index in [2.05, 4.69) is 5.32 Å². The fourth-order valence-corrected chi connectivity index (χ4v) is 3.51. The fourth-order valence-electron chi connectivity index (χ4n) is 1.91. The predicted molar refractivity (Wildman–Crippen MR) is 92.7 cm³/mol. The number of thioether (sulfide) groups is 1. The molecular weight excluding hydrogens is 341 g/mol. The Morgan fingerprint density at radius 1 is 1.18 bits per heavy atom. The summed E-state index contributed by atoms with van der Waals surface area (Å²) in [6, 6.07) is 9.22. The molecule has 0 bridgehead atoms. The molecule has 1 N–H and O–H groups in total. The molecule has 0 aliphatic carbocycles. The molecule has 0 fully saturated rings. The van der Waals surface area contributed by atoms with Crippen molar-refractivity contribution in [3.8, 4) is 0 Å². The van der Waals surface area contributed by atoms with Crippen LogP contribution in [0.25, 0.3) is 0 Å². The average molecular weight is 358 g/mol. The molecular formula is C16H17Cl2NO2S. The van der Waals surface area contributed by atoms with Crippen molar-refractivity contribution in [3.63, 3.8) is 0 Å². The smallest absolute Gasteiger partial charge is 0.230 e. The molecule has 1 amide bonds. The van der Waals surface area contributed by atoms with Gasteiger partial charge in [0.2, 0.25) is 5.91 Å². The number of rotatable bonds is 8. The molecule has 0 spiro atoms. The summed E-state index contributed by atoms with van der Waals surface area (Å²) in [7, 11) is 0. The average Bonchev–Trinajstić information content (AvgIpc) is 3.00. The molecule has 0 aliphatic rings.